The molecule has 0 aromatic carbocycles. The van der Waals surface area contributed by atoms with Gasteiger partial charge in [-0.15, -0.1) is 0 Å². The quantitative estimate of drug-likeness (QED) is 0.384. The molecule has 0 aromatic rings. The summed E-state index contributed by atoms with van der Waals surface area (Å²) in [7, 11) is 0. The summed E-state index contributed by atoms with van der Waals surface area (Å²) in [6.45, 7) is 7.40. The second-order valence-corrected chi connectivity index (χ2v) is 2.93. The Kier molecular flexibility index (Phi) is 6.19. The number of rotatable bonds is 5. The van der Waals surface area contributed by atoms with Crippen molar-refractivity contribution in [1.29, 1.82) is 0 Å². The van der Waals surface area contributed by atoms with E-state index in [0.29, 0.717) is 0 Å². The van der Waals surface area contributed by atoms with Gasteiger partial charge in [-0.3, -0.25) is 0 Å². The Labute approximate surface area is 83.5 Å². The van der Waals surface area contributed by atoms with Crippen LogP contribution in [0.2, 0.25) is 0 Å². The van der Waals surface area contributed by atoms with Crippen LogP contribution in [0.15, 0.2) is 12.7 Å². The first-order valence-corrected chi connectivity index (χ1v) is 4.39. The second kappa shape index (κ2) is 6.94. The van der Waals surface area contributed by atoms with Gasteiger partial charge < -0.3 is 15.4 Å². The first kappa shape index (κ1) is 12.5. The van der Waals surface area contributed by atoms with Crippen LogP contribution in [0.3, 0.4) is 0 Å². The Morgan fingerprint density at radius 1 is 1.50 bits per heavy atom. The molecule has 2 amide bonds. The number of urea groups is 1. The molecule has 0 rings (SSSR count). The van der Waals surface area contributed by atoms with Crippen molar-refractivity contribution in [2.24, 2.45) is 0 Å². The Bertz CT molecular complexity index is 214. The maximum atomic E-state index is 11.0. The smallest absolute Gasteiger partial charge is 0.330 e. The van der Waals surface area contributed by atoms with Crippen molar-refractivity contribution in [3.05, 3.63) is 12.7 Å². The van der Waals surface area contributed by atoms with Crippen LogP contribution in [-0.2, 0) is 9.53 Å². The maximum Gasteiger partial charge on any atom is 0.330 e. The van der Waals surface area contributed by atoms with E-state index in [2.05, 4.69) is 21.9 Å². The summed E-state index contributed by atoms with van der Waals surface area (Å²) in [6.07, 6.45) is 1.08. The first-order valence-electron chi connectivity index (χ1n) is 4.39. The highest BCUT2D eigenvalue weighted by atomic mass is 16.5. The predicted molar refractivity (Wildman–Crippen MR) is 52.8 cm³/mol. The minimum Gasteiger partial charge on any atom is -0.461 e. The lowest BCUT2D eigenvalue weighted by atomic mass is 10.4. The van der Waals surface area contributed by atoms with Gasteiger partial charge in [-0.2, -0.15) is 0 Å². The molecule has 0 unspecified atom stereocenters. The minimum absolute atomic E-state index is 0.0886. The molecule has 2 N–H and O–H groups in total. The zero-order valence-electron chi connectivity index (χ0n) is 8.50. The van der Waals surface area contributed by atoms with E-state index in [-0.39, 0.29) is 25.2 Å². The molecule has 0 aliphatic carbocycles. The van der Waals surface area contributed by atoms with E-state index in [1.165, 1.54) is 0 Å². The summed E-state index contributed by atoms with van der Waals surface area (Å²) in [6, 6.07) is -0.180. The summed E-state index contributed by atoms with van der Waals surface area (Å²) >= 11 is 0. The molecule has 14 heavy (non-hydrogen) atoms. The van der Waals surface area contributed by atoms with E-state index in [1.54, 1.807) is 0 Å². The standard InChI is InChI=1S/C9H16N2O3/c1-4-8(12)14-6-5-10-9(13)11-7(2)3/h4,7H,1,5-6H2,2-3H3,(H2,10,11,13). The fourth-order valence-electron chi connectivity index (χ4n) is 0.688. The highest BCUT2D eigenvalue weighted by Gasteiger charge is 2.01. The van der Waals surface area contributed by atoms with E-state index < -0.39 is 5.97 Å². The molecule has 0 aliphatic heterocycles. The summed E-state index contributed by atoms with van der Waals surface area (Å²) in [5, 5.41) is 5.17. The normalized spacial score (nSPS) is 9.36. The number of carbonyl (C=O) groups is 2. The third kappa shape index (κ3) is 7.15. The van der Waals surface area contributed by atoms with Crippen molar-refractivity contribution in [3.8, 4) is 0 Å². The van der Waals surface area contributed by atoms with E-state index in [0.717, 1.165) is 6.08 Å². The van der Waals surface area contributed by atoms with Crippen molar-refractivity contribution in [2.75, 3.05) is 13.2 Å². The minimum atomic E-state index is -0.490. The highest BCUT2D eigenvalue weighted by Crippen LogP contribution is 1.79. The molecule has 0 radical (unpaired) electrons. The Morgan fingerprint density at radius 3 is 2.64 bits per heavy atom. The van der Waals surface area contributed by atoms with Gasteiger partial charge in [0.25, 0.3) is 0 Å². The molecule has 80 valence electrons. The van der Waals surface area contributed by atoms with Crippen molar-refractivity contribution < 1.29 is 14.3 Å². The number of amides is 2. The molecule has 0 saturated carbocycles. The van der Waals surface area contributed by atoms with E-state index >= 15 is 0 Å². The van der Waals surface area contributed by atoms with Gasteiger partial charge in [0, 0.05) is 12.1 Å². The number of carbonyl (C=O) groups excluding carboxylic acids is 2. The fourth-order valence-corrected chi connectivity index (χ4v) is 0.688. The lowest BCUT2D eigenvalue weighted by Gasteiger charge is -2.09. The van der Waals surface area contributed by atoms with Crippen LogP contribution in [0.5, 0.6) is 0 Å². The van der Waals surface area contributed by atoms with Gasteiger partial charge in [0.2, 0.25) is 0 Å². The van der Waals surface area contributed by atoms with Crippen LogP contribution < -0.4 is 10.6 Å². The van der Waals surface area contributed by atoms with Gasteiger partial charge in [0.1, 0.15) is 6.61 Å². The summed E-state index contributed by atoms with van der Waals surface area (Å²) in [5.74, 6) is -0.490. The highest BCUT2D eigenvalue weighted by molar-refractivity contribution is 5.81. The molecular weight excluding hydrogens is 184 g/mol. The van der Waals surface area contributed by atoms with Crippen LogP contribution in [0, 0.1) is 0 Å². The third-order valence-electron chi connectivity index (χ3n) is 1.22. The lowest BCUT2D eigenvalue weighted by Crippen LogP contribution is -2.40. The molecule has 5 nitrogen and oxygen atoms in total. The molecule has 5 heteroatoms. The number of hydrogen-bond acceptors (Lipinski definition) is 3. The maximum absolute atomic E-state index is 11.0. The predicted octanol–water partition coefficient (Wildman–Crippen LogP) is 0.423. The van der Waals surface area contributed by atoms with Crippen molar-refractivity contribution in [2.45, 2.75) is 19.9 Å². The molecular formula is C9H16N2O3. The average Bonchev–Trinajstić information content (AvgIpc) is 2.10. The molecule has 0 aromatic heterocycles. The van der Waals surface area contributed by atoms with Crippen LogP contribution in [0.1, 0.15) is 13.8 Å². The van der Waals surface area contributed by atoms with Gasteiger partial charge in [-0.25, -0.2) is 9.59 Å². The SMILES string of the molecule is C=CC(=O)OCCNC(=O)NC(C)C. The van der Waals surface area contributed by atoms with Crippen LogP contribution in [0.4, 0.5) is 4.79 Å². The zero-order valence-corrected chi connectivity index (χ0v) is 8.50. The fraction of sp³-hybridized carbons (Fsp3) is 0.556. The summed E-state index contributed by atoms with van der Waals surface area (Å²) in [4.78, 5) is 21.6. The molecule has 0 fully saturated rings. The number of esters is 1. The van der Waals surface area contributed by atoms with Crippen molar-refractivity contribution in [1.82, 2.24) is 10.6 Å². The molecule has 0 spiro atoms. The summed E-state index contributed by atoms with van der Waals surface area (Å²) < 4.78 is 4.65. The molecule has 0 saturated heterocycles. The molecule has 0 atom stereocenters. The van der Waals surface area contributed by atoms with Gasteiger partial charge in [0.05, 0.1) is 6.54 Å². The molecule has 0 heterocycles. The molecule has 0 aliphatic rings. The first-order chi connectivity index (χ1) is 6.56. The molecule has 0 bridgehead atoms. The second-order valence-electron chi connectivity index (χ2n) is 2.93. The number of ether oxygens (including phenoxy) is 1. The van der Waals surface area contributed by atoms with E-state index in [1.807, 2.05) is 13.8 Å². The number of nitrogens with one attached hydrogen (secondary N) is 2. The largest absolute Gasteiger partial charge is 0.461 e. The van der Waals surface area contributed by atoms with Crippen molar-refractivity contribution >= 4 is 12.0 Å². The zero-order chi connectivity index (χ0) is 11.0. The lowest BCUT2D eigenvalue weighted by molar-refractivity contribution is -0.137. The van der Waals surface area contributed by atoms with Gasteiger partial charge >= 0.3 is 12.0 Å². The Balaban J connectivity index is 3.40. The van der Waals surface area contributed by atoms with Crippen molar-refractivity contribution in [3.63, 3.8) is 0 Å². The van der Waals surface area contributed by atoms with E-state index in [9.17, 15) is 9.59 Å². The monoisotopic (exact) mass is 200 g/mol. The third-order valence-corrected chi connectivity index (χ3v) is 1.22. The average molecular weight is 200 g/mol. The van der Waals surface area contributed by atoms with Gasteiger partial charge in [0.15, 0.2) is 0 Å². The topological polar surface area (TPSA) is 67.4 Å². The van der Waals surface area contributed by atoms with Gasteiger partial charge in [-0.05, 0) is 13.8 Å². The Morgan fingerprint density at radius 2 is 2.14 bits per heavy atom. The summed E-state index contributed by atoms with van der Waals surface area (Å²) in [5.41, 5.74) is 0. The number of hydrogen-bond donors (Lipinski definition) is 2. The van der Waals surface area contributed by atoms with Gasteiger partial charge in [-0.1, -0.05) is 6.58 Å². The van der Waals surface area contributed by atoms with Crippen LogP contribution in [-0.4, -0.2) is 31.2 Å². The van der Waals surface area contributed by atoms with E-state index in [4.69, 9.17) is 0 Å². The van der Waals surface area contributed by atoms with Crippen LogP contribution in [0.25, 0.3) is 0 Å². The Hall–Kier alpha value is -1.52. The van der Waals surface area contributed by atoms with Crippen LogP contribution >= 0.6 is 0 Å².